The van der Waals surface area contributed by atoms with E-state index >= 15 is 0 Å². The molecule has 0 heterocycles. The first kappa shape index (κ1) is 19.2. The minimum atomic E-state index is -0.487. The minimum absolute atomic E-state index is 0.0153. The number of hydrogen-bond donors (Lipinski definition) is 1. The second-order valence-electron chi connectivity index (χ2n) is 8.62. The topological polar surface area (TPSA) is 55.4 Å². The zero-order valence-electron chi connectivity index (χ0n) is 14.9. The maximum atomic E-state index is 13.1. The van der Waals surface area contributed by atoms with Gasteiger partial charge in [-0.2, -0.15) is 0 Å². The standard InChI is InChI=1S/C20H22BrClFNO3/c21-20-7-12-3-13(8-20)6-19(5-12,11-20)9-18(26)27-10-17(25)24-16-2-1-14(23)4-15(16)22/h1-2,4,12-13H,3,5-11H2,(H,24,25). The Hall–Kier alpha value is -1.14. The van der Waals surface area contributed by atoms with Crippen LogP contribution in [-0.4, -0.2) is 22.8 Å². The highest BCUT2D eigenvalue weighted by atomic mass is 79.9. The molecule has 146 valence electrons. The fraction of sp³-hybridized carbons (Fsp3) is 0.600. The molecule has 2 unspecified atom stereocenters. The quantitative estimate of drug-likeness (QED) is 0.494. The third kappa shape index (κ3) is 4.16. The van der Waals surface area contributed by atoms with E-state index in [0.29, 0.717) is 23.9 Å². The zero-order chi connectivity index (χ0) is 19.2. The summed E-state index contributed by atoms with van der Waals surface area (Å²) in [6.45, 7) is -0.366. The number of ether oxygens (including phenoxy) is 1. The highest BCUT2D eigenvalue weighted by molar-refractivity contribution is 9.10. The normalized spacial score (nSPS) is 33.7. The van der Waals surface area contributed by atoms with E-state index in [-0.39, 0.29) is 27.3 Å². The Morgan fingerprint density at radius 1 is 1.26 bits per heavy atom. The Kier molecular flexibility index (Phi) is 5.00. The highest BCUT2D eigenvalue weighted by Crippen LogP contribution is 2.65. The van der Waals surface area contributed by atoms with Gasteiger partial charge in [0, 0.05) is 4.32 Å². The maximum absolute atomic E-state index is 13.1. The fourth-order valence-electron chi connectivity index (χ4n) is 5.82. The Bertz CT molecular complexity index is 772. The summed E-state index contributed by atoms with van der Waals surface area (Å²) in [4.78, 5) is 24.4. The van der Waals surface area contributed by atoms with Crippen LogP contribution < -0.4 is 5.32 Å². The first-order chi connectivity index (χ1) is 12.7. The number of carbonyl (C=O) groups is 2. The number of carbonyl (C=O) groups excluding carboxylic acids is 2. The van der Waals surface area contributed by atoms with Crippen molar-refractivity contribution in [3.05, 3.63) is 29.0 Å². The SMILES string of the molecule is O=C(COC(=O)CC12CC3CC(CC(Br)(C3)C1)C2)Nc1ccc(F)cc1Cl. The van der Waals surface area contributed by atoms with Crippen molar-refractivity contribution in [1.82, 2.24) is 0 Å². The molecule has 0 spiro atoms. The lowest BCUT2D eigenvalue weighted by Crippen LogP contribution is -2.53. The van der Waals surface area contributed by atoms with Gasteiger partial charge in [-0.1, -0.05) is 27.5 Å². The summed E-state index contributed by atoms with van der Waals surface area (Å²) < 4.78 is 18.5. The molecule has 27 heavy (non-hydrogen) atoms. The van der Waals surface area contributed by atoms with E-state index < -0.39 is 11.7 Å². The first-order valence-corrected chi connectivity index (χ1v) is 10.5. The summed E-state index contributed by atoms with van der Waals surface area (Å²) in [5.74, 6) is 0.0991. The van der Waals surface area contributed by atoms with E-state index in [0.717, 1.165) is 25.3 Å². The molecule has 0 aliphatic heterocycles. The summed E-state index contributed by atoms with van der Waals surface area (Å²) in [5.41, 5.74) is 0.308. The van der Waals surface area contributed by atoms with Gasteiger partial charge in [-0.3, -0.25) is 9.59 Å². The van der Waals surface area contributed by atoms with Crippen LogP contribution in [0.4, 0.5) is 10.1 Å². The van der Waals surface area contributed by atoms with E-state index in [4.69, 9.17) is 16.3 Å². The van der Waals surface area contributed by atoms with Crippen LogP contribution >= 0.6 is 27.5 Å². The van der Waals surface area contributed by atoms with Crippen molar-refractivity contribution in [2.24, 2.45) is 17.3 Å². The number of anilines is 1. The average Bonchev–Trinajstić information content (AvgIpc) is 2.53. The lowest BCUT2D eigenvalue weighted by atomic mass is 9.49. The number of esters is 1. The number of alkyl halides is 1. The molecule has 1 aromatic rings. The fourth-order valence-corrected chi connectivity index (χ4v) is 7.55. The molecular weight excluding hydrogens is 437 g/mol. The van der Waals surface area contributed by atoms with Gasteiger partial charge in [-0.05, 0) is 74.0 Å². The maximum Gasteiger partial charge on any atom is 0.306 e. The summed E-state index contributed by atoms with van der Waals surface area (Å²) in [7, 11) is 0. The molecule has 1 amide bonds. The first-order valence-electron chi connectivity index (χ1n) is 9.34. The van der Waals surface area contributed by atoms with Gasteiger partial charge in [-0.25, -0.2) is 4.39 Å². The number of nitrogens with one attached hydrogen (secondary N) is 1. The van der Waals surface area contributed by atoms with Crippen LogP contribution in [0.5, 0.6) is 0 Å². The Morgan fingerprint density at radius 3 is 2.59 bits per heavy atom. The molecule has 0 saturated heterocycles. The minimum Gasteiger partial charge on any atom is -0.456 e. The van der Waals surface area contributed by atoms with Gasteiger partial charge in [0.05, 0.1) is 17.1 Å². The molecule has 4 saturated carbocycles. The molecule has 4 fully saturated rings. The van der Waals surface area contributed by atoms with Gasteiger partial charge >= 0.3 is 5.97 Å². The summed E-state index contributed by atoms with van der Waals surface area (Å²) in [6, 6.07) is 3.70. The van der Waals surface area contributed by atoms with Gasteiger partial charge < -0.3 is 10.1 Å². The van der Waals surface area contributed by atoms with Crippen LogP contribution in [0, 0.1) is 23.1 Å². The lowest BCUT2D eigenvalue weighted by molar-refractivity contribution is -0.153. The van der Waals surface area contributed by atoms with E-state index in [1.807, 2.05) is 0 Å². The predicted octanol–water partition coefficient (Wildman–Crippen LogP) is 5.08. The van der Waals surface area contributed by atoms with Crippen molar-refractivity contribution in [3.8, 4) is 0 Å². The summed E-state index contributed by atoms with van der Waals surface area (Å²) in [5, 5.41) is 2.64. The Labute approximate surface area is 171 Å². The predicted molar refractivity (Wildman–Crippen MR) is 104 cm³/mol. The van der Waals surface area contributed by atoms with Crippen LogP contribution in [0.1, 0.15) is 44.9 Å². The van der Waals surface area contributed by atoms with Gasteiger partial charge in [0.15, 0.2) is 6.61 Å². The molecule has 2 atom stereocenters. The molecule has 4 aliphatic rings. The third-order valence-corrected chi connectivity index (χ3v) is 7.44. The van der Waals surface area contributed by atoms with Gasteiger partial charge in [0.2, 0.25) is 0 Å². The number of amides is 1. The van der Waals surface area contributed by atoms with Crippen molar-refractivity contribution >= 4 is 45.1 Å². The van der Waals surface area contributed by atoms with Crippen molar-refractivity contribution in [2.45, 2.75) is 49.3 Å². The van der Waals surface area contributed by atoms with Gasteiger partial charge in [-0.15, -0.1) is 0 Å². The number of rotatable bonds is 5. The molecule has 1 N–H and O–H groups in total. The molecule has 0 radical (unpaired) electrons. The number of benzene rings is 1. The van der Waals surface area contributed by atoms with Crippen LogP contribution in [0.2, 0.25) is 5.02 Å². The third-order valence-electron chi connectivity index (χ3n) is 6.20. The Morgan fingerprint density at radius 2 is 1.96 bits per heavy atom. The van der Waals surface area contributed by atoms with E-state index in [9.17, 15) is 14.0 Å². The average molecular weight is 459 g/mol. The second kappa shape index (κ2) is 7.03. The Balaban J connectivity index is 1.30. The summed E-state index contributed by atoms with van der Waals surface area (Å²) >= 11 is 9.82. The molecule has 1 aromatic carbocycles. The lowest BCUT2D eigenvalue weighted by Gasteiger charge is -2.60. The molecule has 7 heteroatoms. The molecule has 4 nitrogen and oxygen atoms in total. The van der Waals surface area contributed by atoms with Crippen molar-refractivity contribution in [1.29, 1.82) is 0 Å². The summed E-state index contributed by atoms with van der Waals surface area (Å²) in [6.07, 6.45) is 7.26. The van der Waals surface area contributed by atoms with Gasteiger partial charge in [0.1, 0.15) is 5.82 Å². The van der Waals surface area contributed by atoms with Crippen LogP contribution in [0.25, 0.3) is 0 Å². The van der Waals surface area contributed by atoms with Crippen LogP contribution in [-0.2, 0) is 14.3 Å². The van der Waals surface area contributed by atoms with E-state index in [1.165, 1.54) is 31.4 Å². The van der Waals surface area contributed by atoms with Crippen molar-refractivity contribution < 1.29 is 18.7 Å². The number of halogens is 3. The molecule has 5 rings (SSSR count). The molecule has 0 aromatic heterocycles. The van der Waals surface area contributed by atoms with Gasteiger partial charge in [0.25, 0.3) is 5.91 Å². The smallest absolute Gasteiger partial charge is 0.306 e. The number of hydrogen-bond acceptors (Lipinski definition) is 3. The van der Waals surface area contributed by atoms with Crippen molar-refractivity contribution in [3.63, 3.8) is 0 Å². The van der Waals surface area contributed by atoms with E-state index in [1.54, 1.807) is 0 Å². The highest BCUT2D eigenvalue weighted by Gasteiger charge is 2.57. The van der Waals surface area contributed by atoms with Crippen LogP contribution in [0.15, 0.2) is 18.2 Å². The van der Waals surface area contributed by atoms with Crippen LogP contribution in [0.3, 0.4) is 0 Å². The molecule has 4 bridgehead atoms. The molecular formula is C20H22BrClFNO3. The van der Waals surface area contributed by atoms with Crippen molar-refractivity contribution in [2.75, 3.05) is 11.9 Å². The monoisotopic (exact) mass is 457 g/mol. The largest absolute Gasteiger partial charge is 0.456 e. The molecule has 4 aliphatic carbocycles. The van der Waals surface area contributed by atoms with E-state index in [2.05, 4.69) is 21.2 Å². The zero-order valence-corrected chi connectivity index (χ0v) is 17.2. The second-order valence-corrected chi connectivity index (χ2v) is 10.7.